The Bertz CT molecular complexity index is 755. The summed E-state index contributed by atoms with van der Waals surface area (Å²) in [5.41, 5.74) is 3.25. The molecule has 1 heterocycles. The highest BCUT2D eigenvalue weighted by Gasteiger charge is 2.21. The SMILES string of the molecule is COC(=O)[C@H](C)CN(C)C(=O)c1cc2ccc(C)cc2nc1C. The first-order valence-electron chi connectivity index (χ1n) is 7.54. The zero-order valence-electron chi connectivity index (χ0n) is 14.2. The van der Waals surface area contributed by atoms with Crippen molar-refractivity contribution in [3.63, 3.8) is 0 Å². The van der Waals surface area contributed by atoms with Crippen LogP contribution in [-0.2, 0) is 9.53 Å². The number of rotatable bonds is 4. The fraction of sp³-hybridized carbons (Fsp3) is 0.389. The Morgan fingerprint density at radius 3 is 2.61 bits per heavy atom. The lowest BCUT2D eigenvalue weighted by atomic mass is 10.1. The van der Waals surface area contributed by atoms with Gasteiger partial charge in [-0.1, -0.05) is 19.1 Å². The molecule has 0 saturated carbocycles. The maximum atomic E-state index is 12.7. The van der Waals surface area contributed by atoms with Crippen molar-refractivity contribution in [1.82, 2.24) is 9.88 Å². The molecule has 5 nitrogen and oxygen atoms in total. The van der Waals surface area contributed by atoms with E-state index in [1.54, 1.807) is 14.0 Å². The van der Waals surface area contributed by atoms with E-state index in [1.807, 2.05) is 38.1 Å². The summed E-state index contributed by atoms with van der Waals surface area (Å²) in [6.45, 7) is 5.88. The molecule has 0 radical (unpaired) electrons. The summed E-state index contributed by atoms with van der Waals surface area (Å²) in [6, 6.07) is 7.82. The maximum absolute atomic E-state index is 12.7. The van der Waals surface area contributed by atoms with E-state index < -0.39 is 0 Å². The van der Waals surface area contributed by atoms with Crippen molar-refractivity contribution in [2.45, 2.75) is 20.8 Å². The number of hydrogen-bond acceptors (Lipinski definition) is 4. The Labute approximate surface area is 136 Å². The van der Waals surface area contributed by atoms with Crippen molar-refractivity contribution in [3.05, 3.63) is 41.1 Å². The van der Waals surface area contributed by atoms with Gasteiger partial charge in [-0.05, 0) is 31.5 Å². The monoisotopic (exact) mass is 314 g/mol. The molecule has 0 aliphatic rings. The van der Waals surface area contributed by atoms with Crippen LogP contribution < -0.4 is 0 Å². The molecule has 0 saturated heterocycles. The zero-order chi connectivity index (χ0) is 17.1. The van der Waals surface area contributed by atoms with Gasteiger partial charge in [-0.15, -0.1) is 0 Å². The summed E-state index contributed by atoms with van der Waals surface area (Å²) >= 11 is 0. The largest absolute Gasteiger partial charge is 0.469 e. The number of ether oxygens (including phenoxy) is 1. The number of fused-ring (bicyclic) bond motifs is 1. The predicted octanol–water partition coefficient (Wildman–Crippen LogP) is 2.73. The summed E-state index contributed by atoms with van der Waals surface area (Å²) in [5.74, 6) is -0.841. The predicted molar refractivity (Wildman–Crippen MR) is 89.4 cm³/mol. The van der Waals surface area contributed by atoms with Gasteiger partial charge in [-0.25, -0.2) is 0 Å². The number of pyridine rings is 1. The Morgan fingerprint density at radius 1 is 1.26 bits per heavy atom. The molecule has 1 aromatic carbocycles. The normalized spacial score (nSPS) is 12.0. The lowest BCUT2D eigenvalue weighted by Gasteiger charge is -2.21. The van der Waals surface area contributed by atoms with Crippen molar-refractivity contribution in [2.75, 3.05) is 20.7 Å². The van der Waals surface area contributed by atoms with Gasteiger partial charge >= 0.3 is 5.97 Å². The number of methoxy groups -OCH3 is 1. The number of esters is 1. The van der Waals surface area contributed by atoms with Gasteiger partial charge in [0.2, 0.25) is 0 Å². The molecule has 2 rings (SSSR count). The first-order valence-corrected chi connectivity index (χ1v) is 7.54. The molecule has 122 valence electrons. The highest BCUT2D eigenvalue weighted by molar-refractivity contribution is 5.98. The molecule has 1 atom stereocenters. The van der Waals surface area contributed by atoms with E-state index in [2.05, 4.69) is 4.98 Å². The van der Waals surface area contributed by atoms with Crippen molar-refractivity contribution in [2.24, 2.45) is 5.92 Å². The van der Waals surface area contributed by atoms with Crippen LogP contribution in [0.15, 0.2) is 24.3 Å². The minimum atomic E-state index is -0.370. The number of aryl methyl sites for hydroxylation is 2. The van der Waals surface area contributed by atoms with E-state index in [1.165, 1.54) is 12.0 Å². The lowest BCUT2D eigenvalue weighted by molar-refractivity contribution is -0.145. The molecule has 5 heteroatoms. The third-order valence-corrected chi connectivity index (χ3v) is 3.89. The van der Waals surface area contributed by atoms with E-state index in [4.69, 9.17) is 4.74 Å². The third-order valence-electron chi connectivity index (χ3n) is 3.89. The van der Waals surface area contributed by atoms with Crippen LogP contribution in [0, 0.1) is 19.8 Å². The highest BCUT2D eigenvalue weighted by atomic mass is 16.5. The summed E-state index contributed by atoms with van der Waals surface area (Å²) in [5, 5.41) is 0.930. The van der Waals surface area contributed by atoms with Crippen LogP contribution in [0.4, 0.5) is 0 Å². The van der Waals surface area contributed by atoms with Crippen LogP contribution >= 0.6 is 0 Å². The third kappa shape index (κ3) is 3.67. The van der Waals surface area contributed by atoms with E-state index in [0.29, 0.717) is 17.8 Å². The minimum Gasteiger partial charge on any atom is -0.469 e. The van der Waals surface area contributed by atoms with Crippen LogP contribution in [-0.4, -0.2) is 42.5 Å². The van der Waals surface area contributed by atoms with Crippen molar-refractivity contribution < 1.29 is 14.3 Å². The molecule has 1 amide bonds. The van der Waals surface area contributed by atoms with Crippen LogP contribution in [0.2, 0.25) is 0 Å². The molecule has 0 spiro atoms. The molecule has 0 N–H and O–H groups in total. The van der Waals surface area contributed by atoms with Gasteiger partial charge in [-0.2, -0.15) is 0 Å². The number of nitrogens with zero attached hydrogens (tertiary/aromatic N) is 2. The maximum Gasteiger partial charge on any atom is 0.310 e. The number of carbonyl (C=O) groups excluding carboxylic acids is 2. The van der Waals surface area contributed by atoms with Gasteiger partial charge < -0.3 is 9.64 Å². The van der Waals surface area contributed by atoms with Gasteiger partial charge in [0.25, 0.3) is 5.91 Å². The van der Waals surface area contributed by atoms with Crippen LogP contribution in [0.3, 0.4) is 0 Å². The molecule has 0 bridgehead atoms. The smallest absolute Gasteiger partial charge is 0.310 e. The second-order valence-electron chi connectivity index (χ2n) is 5.93. The molecular formula is C18H22N2O3. The standard InChI is InChI=1S/C18H22N2O3/c1-11-6-7-14-9-15(13(3)19-16(14)8-11)17(21)20(4)10-12(2)18(22)23-5/h6-9,12H,10H2,1-5H3/t12-/m1/s1. The summed E-state index contributed by atoms with van der Waals surface area (Å²) in [4.78, 5) is 30.2. The number of benzene rings is 1. The number of amides is 1. The van der Waals surface area contributed by atoms with Crippen LogP contribution in [0.25, 0.3) is 10.9 Å². The zero-order valence-corrected chi connectivity index (χ0v) is 14.2. The molecule has 2 aromatic rings. The lowest BCUT2D eigenvalue weighted by Crippen LogP contribution is -2.34. The number of hydrogen-bond donors (Lipinski definition) is 0. The Morgan fingerprint density at radius 2 is 1.96 bits per heavy atom. The first kappa shape index (κ1) is 16.9. The highest BCUT2D eigenvalue weighted by Crippen LogP contribution is 2.19. The van der Waals surface area contributed by atoms with Crippen molar-refractivity contribution in [3.8, 4) is 0 Å². The number of carbonyl (C=O) groups is 2. The second kappa shape index (κ2) is 6.77. The van der Waals surface area contributed by atoms with Crippen LogP contribution in [0.5, 0.6) is 0 Å². The van der Waals surface area contributed by atoms with Crippen molar-refractivity contribution in [1.29, 1.82) is 0 Å². The fourth-order valence-electron chi connectivity index (χ4n) is 2.56. The quantitative estimate of drug-likeness (QED) is 0.814. The van der Waals surface area contributed by atoms with Gasteiger partial charge in [0, 0.05) is 19.0 Å². The van der Waals surface area contributed by atoms with Gasteiger partial charge in [0.1, 0.15) is 0 Å². The Balaban J connectivity index is 2.28. The minimum absolute atomic E-state index is 0.145. The van der Waals surface area contributed by atoms with E-state index >= 15 is 0 Å². The molecular weight excluding hydrogens is 292 g/mol. The van der Waals surface area contributed by atoms with Gasteiger partial charge in [-0.3, -0.25) is 14.6 Å². The summed E-state index contributed by atoms with van der Waals surface area (Å²) in [7, 11) is 3.03. The number of aromatic nitrogens is 1. The van der Waals surface area contributed by atoms with Crippen molar-refractivity contribution >= 4 is 22.8 Å². The Kier molecular flexibility index (Phi) is 4.98. The summed E-state index contributed by atoms with van der Waals surface area (Å²) < 4.78 is 4.70. The molecule has 0 fully saturated rings. The fourth-order valence-corrected chi connectivity index (χ4v) is 2.56. The van der Waals surface area contributed by atoms with E-state index in [-0.39, 0.29) is 17.8 Å². The molecule has 23 heavy (non-hydrogen) atoms. The molecule has 1 aromatic heterocycles. The molecule has 0 aliphatic heterocycles. The molecule has 0 aliphatic carbocycles. The average molecular weight is 314 g/mol. The van der Waals surface area contributed by atoms with Gasteiger partial charge in [0.15, 0.2) is 0 Å². The molecule has 0 unspecified atom stereocenters. The van der Waals surface area contributed by atoms with E-state index in [9.17, 15) is 9.59 Å². The van der Waals surface area contributed by atoms with Gasteiger partial charge in [0.05, 0.1) is 29.8 Å². The van der Waals surface area contributed by atoms with Crippen LogP contribution in [0.1, 0.15) is 28.5 Å². The second-order valence-corrected chi connectivity index (χ2v) is 5.93. The first-order chi connectivity index (χ1) is 10.8. The average Bonchev–Trinajstić information content (AvgIpc) is 2.52. The summed E-state index contributed by atoms with van der Waals surface area (Å²) in [6.07, 6.45) is 0. The van der Waals surface area contributed by atoms with E-state index in [0.717, 1.165) is 16.5 Å². The Hall–Kier alpha value is -2.43. The topological polar surface area (TPSA) is 59.5 Å².